The zero-order valence-electron chi connectivity index (χ0n) is 9.45. The number of nitrogens with zero attached hydrogens (tertiary/aromatic N) is 1. The van der Waals surface area contributed by atoms with E-state index in [1.807, 2.05) is 26.0 Å². The summed E-state index contributed by atoms with van der Waals surface area (Å²) in [5.74, 6) is 0.759. The molecule has 0 spiro atoms. The Morgan fingerprint density at radius 3 is 2.81 bits per heavy atom. The van der Waals surface area contributed by atoms with Crippen molar-refractivity contribution < 1.29 is 4.74 Å². The van der Waals surface area contributed by atoms with Gasteiger partial charge in [0.15, 0.2) is 0 Å². The molecule has 2 heteroatoms. The van der Waals surface area contributed by atoms with Crippen LogP contribution in [0.15, 0.2) is 36.4 Å². The zero-order valence-corrected chi connectivity index (χ0v) is 9.45. The summed E-state index contributed by atoms with van der Waals surface area (Å²) in [4.78, 5) is 0. The van der Waals surface area contributed by atoms with Gasteiger partial charge in [-0.15, -0.1) is 0 Å². The van der Waals surface area contributed by atoms with Crippen molar-refractivity contribution in [1.82, 2.24) is 0 Å². The number of benzene rings is 1. The SMILES string of the molecule is C=CC1=Cc2ccc(C#N)cc2OC1(C)C. The second kappa shape index (κ2) is 3.53. The van der Waals surface area contributed by atoms with E-state index >= 15 is 0 Å². The maximum Gasteiger partial charge on any atom is 0.129 e. The van der Waals surface area contributed by atoms with Gasteiger partial charge in [-0.05, 0) is 43.7 Å². The van der Waals surface area contributed by atoms with Crippen molar-refractivity contribution in [3.05, 3.63) is 47.6 Å². The number of fused-ring (bicyclic) bond motifs is 1. The summed E-state index contributed by atoms with van der Waals surface area (Å²) in [5.41, 5.74) is 2.27. The van der Waals surface area contributed by atoms with Gasteiger partial charge in [0.1, 0.15) is 11.4 Å². The fraction of sp³-hybridized carbons (Fsp3) is 0.214. The monoisotopic (exact) mass is 211 g/mol. The second-order valence-electron chi connectivity index (χ2n) is 4.28. The number of rotatable bonds is 1. The molecule has 0 bridgehead atoms. The topological polar surface area (TPSA) is 33.0 Å². The van der Waals surface area contributed by atoms with Crippen LogP contribution in [0.1, 0.15) is 25.0 Å². The molecule has 0 aromatic heterocycles. The van der Waals surface area contributed by atoms with Crippen molar-refractivity contribution in [2.45, 2.75) is 19.4 Å². The molecule has 16 heavy (non-hydrogen) atoms. The van der Waals surface area contributed by atoms with E-state index in [-0.39, 0.29) is 5.60 Å². The van der Waals surface area contributed by atoms with Crippen LogP contribution in [0.5, 0.6) is 5.75 Å². The smallest absolute Gasteiger partial charge is 0.129 e. The van der Waals surface area contributed by atoms with Crippen LogP contribution in [-0.4, -0.2) is 5.60 Å². The fourth-order valence-electron chi connectivity index (χ4n) is 1.79. The molecule has 1 aromatic rings. The highest BCUT2D eigenvalue weighted by atomic mass is 16.5. The lowest BCUT2D eigenvalue weighted by Crippen LogP contribution is -2.32. The van der Waals surface area contributed by atoms with Gasteiger partial charge in [-0.2, -0.15) is 5.26 Å². The van der Waals surface area contributed by atoms with Gasteiger partial charge in [-0.3, -0.25) is 0 Å². The van der Waals surface area contributed by atoms with Gasteiger partial charge >= 0.3 is 0 Å². The Labute approximate surface area is 95.5 Å². The Morgan fingerprint density at radius 2 is 2.19 bits per heavy atom. The van der Waals surface area contributed by atoms with E-state index in [2.05, 4.69) is 12.6 Å². The highest BCUT2D eigenvalue weighted by molar-refractivity contribution is 5.67. The van der Waals surface area contributed by atoms with Crippen molar-refractivity contribution in [3.8, 4) is 11.8 Å². The molecule has 80 valence electrons. The average Bonchev–Trinajstić information content (AvgIpc) is 2.26. The molecule has 0 amide bonds. The van der Waals surface area contributed by atoms with Crippen LogP contribution >= 0.6 is 0 Å². The van der Waals surface area contributed by atoms with E-state index in [4.69, 9.17) is 10.00 Å². The van der Waals surface area contributed by atoms with Crippen LogP contribution in [0.4, 0.5) is 0 Å². The first kappa shape index (κ1) is 10.5. The minimum Gasteiger partial charge on any atom is -0.482 e. The van der Waals surface area contributed by atoms with Crippen LogP contribution in [-0.2, 0) is 0 Å². The Hall–Kier alpha value is -2.01. The quantitative estimate of drug-likeness (QED) is 0.714. The summed E-state index contributed by atoms with van der Waals surface area (Å²) >= 11 is 0. The van der Waals surface area contributed by atoms with E-state index in [0.717, 1.165) is 16.9 Å². The lowest BCUT2D eigenvalue weighted by atomic mass is 9.92. The molecule has 1 aliphatic rings. The van der Waals surface area contributed by atoms with E-state index in [0.29, 0.717) is 5.56 Å². The van der Waals surface area contributed by atoms with Crippen molar-refractivity contribution in [1.29, 1.82) is 5.26 Å². The second-order valence-corrected chi connectivity index (χ2v) is 4.28. The van der Waals surface area contributed by atoms with Crippen LogP contribution < -0.4 is 4.74 Å². The summed E-state index contributed by atoms with van der Waals surface area (Å²) in [6.07, 6.45) is 3.86. The number of ether oxygens (including phenoxy) is 1. The third-order valence-corrected chi connectivity index (χ3v) is 2.73. The summed E-state index contributed by atoms with van der Waals surface area (Å²) in [6, 6.07) is 7.56. The van der Waals surface area contributed by atoms with Gasteiger partial charge < -0.3 is 4.74 Å². The maximum atomic E-state index is 8.83. The van der Waals surface area contributed by atoms with Crippen LogP contribution in [0.2, 0.25) is 0 Å². The lowest BCUT2D eigenvalue weighted by Gasteiger charge is -2.32. The third kappa shape index (κ3) is 1.61. The predicted octanol–water partition coefficient (Wildman–Crippen LogP) is 3.30. The Balaban J connectivity index is 2.57. The van der Waals surface area contributed by atoms with Crippen LogP contribution in [0, 0.1) is 11.3 Å². The van der Waals surface area contributed by atoms with Gasteiger partial charge in [0.25, 0.3) is 0 Å². The largest absolute Gasteiger partial charge is 0.482 e. The van der Waals surface area contributed by atoms with Gasteiger partial charge in [0, 0.05) is 5.56 Å². The Bertz CT molecular complexity index is 518. The van der Waals surface area contributed by atoms with Crippen molar-refractivity contribution in [3.63, 3.8) is 0 Å². The molecule has 1 aliphatic heterocycles. The van der Waals surface area contributed by atoms with Crippen LogP contribution in [0.25, 0.3) is 6.08 Å². The number of hydrogen-bond acceptors (Lipinski definition) is 2. The molecule has 0 saturated carbocycles. The number of nitriles is 1. The molecule has 0 atom stereocenters. The van der Waals surface area contributed by atoms with Crippen LogP contribution in [0.3, 0.4) is 0 Å². The third-order valence-electron chi connectivity index (χ3n) is 2.73. The van der Waals surface area contributed by atoms with Crippen molar-refractivity contribution >= 4 is 6.08 Å². The molecule has 0 fully saturated rings. The normalized spacial score (nSPS) is 16.4. The fourth-order valence-corrected chi connectivity index (χ4v) is 1.79. The molecule has 2 rings (SSSR count). The Kier molecular flexibility index (Phi) is 2.32. The van der Waals surface area contributed by atoms with Gasteiger partial charge in [0.05, 0.1) is 11.6 Å². The van der Waals surface area contributed by atoms with Gasteiger partial charge in [-0.25, -0.2) is 0 Å². The molecular formula is C14H13NO. The first-order valence-corrected chi connectivity index (χ1v) is 5.14. The minimum atomic E-state index is -0.386. The first-order chi connectivity index (χ1) is 7.56. The van der Waals surface area contributed by atoms with E-state index in [1.54, 1.807) is 18.2 Å². The molecule has 1 heterocycles. The predicted molar refractivity (Wildman–Crippen MR) is 64.0 cm³/mol. The van der Waals surface area contributed by atoms with Crippen molar-refractivity contribution in [2.75, 3.05) is 0 Å². The lowest BCUT2D eigenvalue weighted by molar-refractivity contribution is 0.149. The molecular weight excluding hydrogens is 198 g/mol. The average molecular weight is 211 g/mol. The number of hydrogen-bond donors (Lipinski definition) is 0. The minimum absolute atomic E-state index is 0.386. The van der Waals surface area contributed by atoms with E-state index < -0.39 is 0 Å². The summed E-state index contributed by atoms with van der Waals surface area (Å²) < 4.78 is 5.87. The summed E-state index contributed by atoms with van der Waals surface area (Å²) in [6.45, 7) is 7.76. The van der Waals surface area contributed by atoms with Gasteiger partial charge in [-0.1, -0.05) is 12.7 Å². The maximum absolute atomic E-state index is 8.83. The molecule has 1 aromatic carbocycles. The highest BCUT2D eigenvalue weighted by Gasteiger charge is 2.28. The van der Waals surface area contributed by atoms with Gasteiger partial charge in [0.2, 0.25) is 0 Å². The molecule has 0 unspecified atom stereocenters. The zero-order chi connectivity index (χ0) is 11.8. The summed E-state index contributed by atoms with van der Waals surface area (Å²) in [5, 5.41) is 8.83. The molecule has 0 N–H and O–H groups in total. The Morgan fingerprint density at radius 1 is 1.44 bits per heavy atom. The van der Waals surface area contributed by atoms with Crippen molar-refractivity contribution in [2.24, 2.45) is 0 Å². The molecule has 0 aliphatic carbocycles. The first-order valence-electron chi connectivity index (χ1n) is 5.14. The molecule has 0 saturated heterocycles. The van der Waals surface area contributed by atoms with E-state index in [9.17, 15) is 0 Å². The molecule has 0 radical (unpaired) electrons. The highest BCUT2D eigenvalue weighted by Crippen LogP contribution is 2.36. The molecule has 2 nitrogen and oxygen atoms in total. The van der Waals surface area contributed by atoms with E-state index in [1.165, 1.54) is 0 Å². The standard InChI is InChI=1S/C14H13NO/c1-4-12-8-11-6-5-10(9-15)7-13(11)16-14(12,2)3/h4-8H,1H2,2-3H3. The summed E-state index contributed by atoms with van der Waals surface area (Å²) in [7, 11) is 0.